The lowest BCUT2D eigenvalue weighted by atomic mass is 9.93. The molecule has 0 saturated carbocycles. The zero-order valence-corrected chi connectivity index (χ0v) is 23.2. The van der Waals surface area contributed by atoms with Crippen molar-refractivity contribution in [3.8, 4) is 17.0 Å². The third-order valence-corrected chi connectivity index (χ3v) is 6.51. The van der Waals surface area contributed by atoms with Gasteiger partial charge in [0.1, 0.15) is 12.4 Å². The van der Waals surface area contributed by atoms with Crippen molar-refractivity contribution >= 4 is 28.9 Å². The molecule has 0 unspecified atom stereocenters. The van der Waals surface area contributed by atoms with Crippen molar-refractivity contribution in [2.24, 2.45) is 5.41 Å². The minimum atomic E-state index is -0.703. The number of ether oxygens (including phenoxy) is 2. The number of carbonyl (C=O) groups excluding carboxylic acids is 1. The van der Waals surface area contributed by atoms with Gasteiger partial charge in [-0.15, -0.1) is 0 Å². The van der Waals surface area contributed by atoms with E-state index in [1.54, 1.807) is 6.20 Å². The third kappa shape index (κ3) is 7.81. The molecule has 4 N–H and O–H groups in total. The van der Waals surface area contributed by atoms with Crippen molar-refractivity contribution in [2.75, 3.05) is 76.0 Å². The number of nitrogens with two attached hydrogens (primary N) is 1. The SMILES string of the molecule is CN(C)CCNC(=O)C(C)(C)COc1ccc(-c2ccnc(Nc3ccc(N4CCOCC4)cc3)n2)cc1N. The molecule has 0 bridgehead atoms. The number of morpholine rings is 1. The van der Waals surface area contributed by atoms with Gasteiger partial charge in [-0.3, -0.25) is 4.79 Å². The van der Waals surface area contributed by atoms with E-state index >= 15 is 0 Å². The largest absolute Gasteiger partial charge is 0.490 e. The van der Waals surface area contributed by atoms with E-state index in [-0.39, 0.29) is 12.5 Å². The number of likely N-dealkylation sites (N-methyl/N-ethyl adjacent to an activating group) is 1. The zero-order chi connectivity index (χ0) is 27.8. The second-order valence-corrected chi connectivity index (χ2v) is 10.5. The van der Waals surface area contributed by atoms with Crippen molar-refractivity contribution in [1.82, 2.24) is 20.2 Å². The van der Waals surface area contributed by atoms with Crippen molar-refractivity contribution in [2.45, 2.75) is 13.8 Å². The van der Waals surface area contributed by atoms with Gasteiger partial charge in [0.2, 0.25) is 11.9 Å². The van der Waals surface area contributed by atoms with Gasteiger partial charge in [-0.25, -0.2) is 9.97 Å². The quantitative estimate of drug-likeness (QED) is 0.319. The summed E-state index contributed by atoms with van der Waals surface area (Å²) in [5.74, 6) is 0.963. The maximum atomic E-state index is 12.6. The molecule has 208 valence electrons. The molecule has 1 aromatic heterocycles. The van der Waals surface area contributed by atoms with Crippen LogP contribution in [-0.2, 0) is 9.53 Å². The van der Waals surface area contributed by atoms with Crippen LogP contribution < -0.4 is 26.0 Å². The number of nitrogens with zero attached hydrogens (tertiary/aromatic N) is 4. The van der Waals surface area contributed by atoms with E-state index in [0.29, 0.717) is 23.9 Å². The Morgan fingerprint density at radius 2 is 1.87 bits per heavy atom. The minimum Gasteiger partial charge on any atom is -0.490 e. The topological polar surface area (TPSA) is 118 Å². The van der Waals surface area contributed by atoms with Gasteiger partial charge in [-0.2, -0.15) is 0 Å². The van der Waals surface area contributed by atoms with Gasteiger partial charge in [0.05, 0.1) is 30.0 Å². The van der Waals surface area contributed by atoms with Crippen LogP contribution in [0.5, 0.6) is 5.75 Å². The summed E-state index contributed by atoms with van der Waals surface area (Å²) in [4.78, 5) is 25.9. The Hall–Kier alpha value is -3.89. The first-order valence-corrected chi connectivity index (χ1v) is 13.2. The summed E-state index contributed by atoms with van der Waals surface area (Å²) in [6.45, 7) is 8.58. The average Bonchev–Trinajstić information content (AvgIpc) is 2.93. The maximum Gasteiger partial charge on any atom is 0.229 e. The normalized spacial score (nSPS) is 13.8. The minimum absolute atomic E-state index is 0.0590. The van der Waals surface area contributed by atoms with Gasteiger partial charge >= 0.3 is 0 Å². The summed E-state index contributed by atoms with van der Waals surface area (Å²) in [5.41, 5.74) is 9.73. The summed E-state index contributed by atoms with van der Waals surface area (Å²) in [6, 6.07) is 15.6. The fraction of sp³-hybridized carbons (Fsp3) is 0.414. The number of aromatic nitrogens is 2. The number of amides is 1. The zero-order valence-electron chi connectivity index (χ0n) is 23.2. The molecule has 3 aromatic rings. The average molecular weight is 534 g/mol. The molecular weight excluding hydrogens is 494 g/mol. The van der Waals surface area contributed by atoms with E-state index in [4.69, 9.17) is 15.2 Å². The predicted molar refractivity (Wildman–Crippen MR) is 155 cm³/mol. The van der Waals surface area contributed by atoms with Crippen LogP contribution in [0.4, 0.5) is 23.0 Å². The number of hydrogen-bond acceptors (Lipinski definition) is 9. The number of hydrogen-bond donors (Lipinski definition) is 3. The van der Waals surface area contributed by atoms with Crippen LogP contribution >= 0.6 is 0 Å². The fourth-order valence-corrected chi connectivity index (χ4v) is 4.08. The molecule has 1 saturated heterocycles. The molecule has 0 radical (unpaired) electrons. The van der Waals surface area contributed by atoms with Gasteiger partial charge < -0.3 is 35.6 Å². The van der Waals surface area contributed by atoms with Crippen molar-refractivity contribution in [1.29, 1.82) is 0 Å². The van der Waals surface area contributed by atoms with E-state index in [9.17, 15) is 4.79 Å². The van der Waals surface area contributed by atoms with Gasteiger partial charge in [0.25, 0.3) is 0 Å². The van der Waals surface area contributed by atoms with E-state index in [1.807, 2.05) is 69.2 Å². The third-order valence-electron chi connectivity index (χ3n) is 6.51. The molecule has 10 nitrogen and oxygen atoms in total. The standard InChI is InChI=1S/C29H39N7O3/c1-29(2,27(37)31-13-14-35(3)4)20-39-26-10-5-21(19-24(26)30)25-11-12-32-28(34-25)33-22-6-8-23(9-7-22)36-15-17-38-18-16-36/h5-12,19H,13-18,20,30H2,1-4H3,(H,31,37)(H,32,33,34). The van der Waals surface area contributed by atoms with Crippen molar-refractivity contribution in [3.05, 3.63) is 54.7 Å². The van der Waals surface area contributed by atoms with Crippen molar-refractivity contribution in [3.63, 3.8) is 0 Å². The number of nitrogen functional groups attached to an aromatic ring is 1. The Morgan fingerprint density at radius 1 is 1.13 bits per heavy atom. The molecule has 0 aliphatic carbocycles. The molecule has 39 heavy (non-hydrogen) atoms. The van der Waals surface area contributed by atoms with Crippen LogP contribution in [0.25, 0.3) is 11.3 Å². The van der Waals surface area contributed by atoms with Crippen LogP contribution in [0, 0.1) is 5.41 Å². The summed E-state index contributed by atoms with van der Waals surface area (Å²) in [5, 5.41) is 6.23. The Kier molecular flexibility index (Phi) is 9.21. The van der Waals surface area contributed by atoms with Crippen LogP contribution in [-0.4, -0.2) is 80.9 Å². The van der Waals surface area contributed by atoms with E-state index < -0.39 is 5.41 Å². The van der Waals surface area contributed by atoms with Gasteiger partial charge in [0, 0.05) is 49.3 Å². The lowest BCUT2D eigenvalue weighted by Crippen LogP contribution is -2.43. The van der Waals surface area contributed by atoms with E-state index in [1.165, 1.54) is 5.69 Å². The summed E-state index contributed by atoms with van der Waals surface area (Å²) < 4.78 is 11.4. The van der Waals surface area contributed by atoms with Crippen LogP contribution in [0.3, 0.4) is 0 Å². The Labute approximate surface area is 230 Å². The Morgan fingerprint density at radius 3 is 2.56 bits per heavy atom. The van der Waals surface area contributed by atoms with Crippen LogP contribution in [0.15, 0.2) is 54.7 Å². The first kappa shape index (κ1) is 28.1. The van der Waals surface area contributed by atoms with Gasteiger partial charge in [-0.05, 0) is 76.5 Å². The maximum absolute atomic E-state index is 12.6. The first-order valence-electron chi connectivity index (χ1n) is 13.2. The molecule has 1 amide bonds. The molecule has 2 aromatic carbocycles. The number of nitrogens with one attached hydrogen (secondary N) is 2. The highest BCUT2D eigenvalue weighted by Gasteiger charge is 2.28. The highest BCUT2D eigenvalue weighted by atomic mass is 16.5. The lowest BCUT2D eigenvalue weighted by molar-refractivity contribution is -0.130. The molecule has 4 rings (SSSR count). The molecule has 10 heteroatoms. The number of benzene rings is 2. The molecule has 1 aliphatic heterocycles. The molecular formula is C29H39N7O3. The molecule has 0 atom stereocenters. The number of rotatable bonds is 11. The van der Waals surface area contributed by atoms with E-state index in [2.05, 4.69) is 37.6 Å². The first-order chi connectivity index (χ1) is 18.7. The number of carbonyl (C=O) groups is 1. The number of anilines is 4. The molecule has 1 fully saturated rings. The van der Waals surface area contributed by atoms with Gasteiger partial charge in [-0.1, -0.05) is 0 Å². The van der Waals surface area contributed by atoms with Crippen molar-refractivity contribution < 1.29 is 14.3 Å². The highest BCUT2D eigenvalue weighted by Crippen LogP contribution is 2.30. The highest BCUT2D eigenvalue weighted by molar-refractivity contribution is 5.82. The second-order valence-electron chi connectivity index (χ2n) is 10.5. The summed E-state index contributed by atoms with van der Waals surface area (Å²) >= 11 is 0. The Bertz CT molecular complexity index is 1240. The predicted octanol–water partition coefficient (Wildman–Crippen LogP) is 3.39. The lowest BCUT2D eigenvalue weighted by Gasteiger charge is -2.28. The molecule has 1 aliphatic rings. The summed E-state index contributed by atoms with van der Waals surface area (Å²) in [7, 11) is 3.94. The molecule has 2 heterocycles. The fourth-order valence-electron chi connectivity index (χ4n) is 4.08. The smallest absolute Gasteiger partial charge is 0.229 e. The summed E-state index contributed by atoms with van der Waals surface area (Å²) in [6.07, 6.45) is 1.71. The monoisotopic (exact) mass is 533 g/mol. The van der Waals surface area contributed by atoms with E-state index in [0.717, 1.165) is 49.8 Å². The van der Waals surface area contributed by atoms with Crippen LogP contribution in [0.1, 0.15) is 13.8 Å². The Balaban J connectivity index is 1.36. The second kappa shape index (κ2) is 12.8. The van der Waals surface area contributed by atoms with Crippen LogP contribution in [0.2, 0.25) is 0 Å². The van der Waals surface area contributed by atoms with Gasteiger partial charge in [0.15, 0.2) is 0 Å². The molecule has 0 spiro atoms.